The first-order chi connectivity index (χ1) is 26.4. The summed E-state index contributed by atoms with van der Waals surface area (Å²) in [6.07, 6.45) is -4.29. The molecule has 2 aliphatic rings. The van der Waals surface area contributed by atoms with E-state index < -0.39 is 78.0 Å². The highest BCUT2D eigenvalue weighted by Gasteiger charge is 2.61. The van der Waals surface area contributed by atoms with Gasteiger partial charge in [-0.15, -0.1) is 0 Å². The third kappa shape index (κ3) is 9.48. The number of aliphatic hydroxyl groups excluding tert-OH is 4. The van der Waals surface area contributed by atoms with Crippen molar-refractivity contribution in [1.82, 2.24) is 0 Å². The number of carbonyl (C=O) groups is 2. The molecule has 13 heteroatoms. The quantitative estimate of drug-likeness (QED) is 0.0705. The van der Waals surface area contributed by atoms with E-state index in [0.29, 0.717) is 60.6 Å². The standard InChI is InChI=1S/C43H63NO12/c1-25-17-18-43(51)21-31(26(2)22-52-7)42(6,39(49)38(48)36(25)41(43,4)5)27(3)56-24-55-23-33(46)37(47)40(50)44-30-12-10-11-29(20-30)32(45)15-13-28-14-16-34(53-8)35(19-28)54-9/h10-12,14,16,19-20,26-27,31-33,37-38,45-48,51H,13,15,17-18,21-24H2,1-9H3,(H,44,50). The number of methoxy groups -OCH3 is 3. The van der Waals surface area contributed by atoms with Gasteiger partial charge in [0.25, 0.3) is 5.91 Å². The summed E-state index contributed by atoms with van der Waals surface area (Å²) >= 11 is 0. The first-order valence-corrected chi connectivity index (χ1v) is 19.3. The maximum absolute atomic E-state index is 14.4. The summed E-state index contributed by atoms with van der Waals surface area (Å²) in [5.41, 5.74) is -0.0390. The zero-order valence-corrected chi connectivity index (χ0v) is 34.3. The number of nitrogens with one attached hydrogen (secondary N) is 1. The van der Waals surface area contributed by atoms with E-state index >= 15 is 0 Å². The van der Waals surface area contributed by atoms with E-state index in [9.17, 15) is 35.1 Å². The molecule has 1 amide bonds. The fourth-order valence-electron chi connectivity index (χ4n) is 8.72. The summed E-state index contributed by atoms with van der Waals surface area (Å²) in [5, 5.41) is 58.6. The molecule has 4 rings (SSSR count). The van der Waals surface area contributed by atoms with E-state index in [-0.39, 0.29) is 12.3 Å². The molecule has 2 aromatic rings. The number of ether oxygens (including phenoxy) is 5. The molecule has 0 saturated heterocycles. The lowest BCUT2D eigenvalue weighted by molar-refractivity contribution is -0.188. The Morgan fingerprint density at radius 2 is 1.68 bits per heavy atom. The van der Waals surface area contributed by atoms with Crippen LogP contribution in [0, 0.1) is 22.7 Å². The largest absolute Gasteiger partial charge is 0.493 e. The van der Waals surface area contributed by atoms with Crippen molar-refractivity contribution < 1.29 is 58.8 Å². The smallest absolute Gasteiger partial charge is 0.256 e. The van der Waals surface area contributed by atoms with Crippen molar-refractivity contribution in [2.24, 2.45) is 22.7 Å². The van der Waals surface area contributed by atoms with Crippen LogP contribution in [-0.4, -0.2) is 109 Å². The van der Waals surface area contributed by atoms with E-state index in [1.807, 2.05) is 39.8 Å². The lowest BCUT2D eigenvalue weighted by atomic mass is 9.50. The van der Waals surface area contributed by atoms with E-state index in [0.717, 1.165) is 11.1 Å². The molecule has 2 aromatic carbocycles. The molecule has 1 fully saturated rings. The zero-order valence-electron chi connectivity index (χ0n) is 34.3. The number of ketones is 1. The molecule has 0 aliphatic heterocycles. The van der Waals surface area contributed by atoms with E-state index in [4.69, 9.17) is 23.7 Å². The van der Waals surface area contributed by atoms with Crippen LogP contribution in [0.3, 0.4) is 0 Å². The zero-order chi connectivity index (χ0) is 41.6. The monoisotopic (exact) mass is 785 g/mol. The third-order valence-corrected chi connectivity index (χ3v) is 12.6. The van der Waals surface area contributed by atoms with Gasteiger partial charge in [-0.25, -0.2) is 0 Å². The average Bonchev–Trinajstić information content (AvgIpc) is 3.17. The molecule has 1 saturated carbocycles. The summed E-state index contributed by atoms with van der Waals surface area (Å²) in [6, 6.07) is 12.2. The summed E-state index contributed by atoms with van der Waals surface area (Å²) < 4.78 is 27.8. The summed E-state index contributed by atoms with van der Waals surface area (Å²) in [6.45, 7) is 10.6. The van der Waals surface area contributed by atoms with Crippen molar-refractivity contribution in [3.63, 3.8) is 0 Å². The van der Waals surface area contributed by atoms with Gasteiger partial charge < -0.3 is 54.5 Å². The minimum absolute atomic E-state index is 0.190. The number of hydrogen-bond donors (Lipinski definition) is 6. The number of fused-ring (bicyclic) bond motifs is 2. The second-order valence-corrected chi connectivity index (χ2v) is 16.3. The predicted octanol–water partition coefficient (Wildman–Crippen LogP) is 4.52. The number of carbonyl (C=O) groups excluding carboxylic acids is 2. The molecule has 312 valence electrons. The van der Waals surface area contributed by atoms with Crippen molar-refractivity contribution in [3.05, 3.63) is 64.7 Å². The molecule has 13 nitrogen and oxygen atoms in total. The number of aryl methyl sites for hydroxylation is 1. The van der Waals surface area contributed by atoms with Gasteiger partial charge in [-0.2, -0.15) is 0 Å². The fourth-order valence-corrected chi connectivity index (χ4v) is 8.72. The van der Waals surface area contributed by atoms with E-state index in [2.05, 4.69) is 5.32 Å². The Morgan fingerprint density at radius 1 is 0.982 bits per heavy atom. The van der Waals surface area contributed by atoms with Crippen molar-refractivity contribution in [2.75, 3.05) is 46.7 Å². The van der Waals surface area contributed by atoms with Crippen molar-refractivity contribution in [2.45, 2.75) is 110 Å². The fraction of sp³-hybridized carbons (Fsp3) is 0.628. The van der Waals surface area contributed by atoms with Crippen molar-refractivity contribution in [3.8, 4) is 11.5 Å². The average molecular weight is 786 g/mol. The third-order valence-electron chi connectivity index (χ3n) is 12.6. The van der Waals surface area contributed by atoms with Crippen LogP contribution in [0.2, 0.25) is 0 Å². The lowest BCUT2D eigenvalue weighted by Gasteiger charge is -2.57. The molecule has 0 radical (unpaired) electrons. The summed E-state index contributed by atoms with van der Waals surface area (Å²) in [7, 11) is 4.70. The number of rotatable bonds is 18. The van der Waals surface area contributed by atoms with Crippen LogP contribution < -0.4 is 14.8 Å². The minimum Gasteiger partial charge on any atom is -0.493 e. The van der Waals surface area contributed by atoms with Crippen molar-refractivity contribution >= 4 is 17.4 Å². The molecule has 9 unspecified atom stereocenters. The maximum atomic E-state index is 14.4. The number of anilines is 1. The normalized spacial score (nSPS) is 26.4. The maximum Gasteiger partial charge on any atom is 0.256 e. The van der Waals surface area contributed by atoms with Gasteiger partial charge in [0.1, 0.15) is 19.0 Å². The molecule has 2 aliphatic carbocycles. The highest BCUT2D eigenvalue weighted by Crippen LogP contribution is 2.57. The van der Waals surface area contributed by atoms with Gasteiger partial charge in [-0.3, -0.25) is 9.59 Å². The minimum atomic E-state index is -1.86. The van der Waals surface area contributed by atoms with Gasteiger partial charge in [0.2, 0.25) is 0 Å². The molecule has 2 bridgehead atoms. The molecular formula is C43H63NO12. The van der Waals surface area contributed by atoms with Gasteiger partial charge >= 0.3 is 0 Å². The Kier molecular flexibility index (Phi) is 15.3. The molecule has 0 spiro atoms. The van der Waals surface area contributed by atoms with E-state index in [1.54, 1.807) is 65.5 Å². The number of hydrogen-bond acceptors (Lipinski definition) is 12. The Labute approximate surface area is 331 Å². The van der Waals surface area contributed by atoms with Crippen LogP contribution in [0.25, 0.3) is 0 Å². The topological polar surface area (TPSA) is 193 Å². The molecule has 9 atom stereocenters. The van der Waals surface area contributed by atoms with E-state index in [1.165, 1.54) is 0 Å². The van der Waals surface area contributed by atoms with Crippen LogP contribution >= 0.6 is 0 Å². The molecule has 56 heavy (non-hydrogen) atoms. The van der Waals surface area contributed by atoms with Gasteiger partial charge in [-0.05, 0) is 106 Å². The predicted molar refractivity (Wildman–Crippen MR) is 210 cm³/mol. The Morgan fingerprint density at radius 3 is 2.34 bits per heavy atom. The highest BCUT2D eigenvalue weighted by molar-refractivity contribution is 5.94. The number of amides is 1. The van der Waals surface area contributed by atoms with Crippen LogP contribution in [0.4, 0.5) is 5.69 Å². The van der Waals surface area contributed by atoms with Crippen LogP contribution in [0.15, 0.2) is 53.6 Å². The SMILES string of the molecule is COCC(C)C1CC2(O)CCC(C)=C(C(O)C(=O)C1(C)C(C)OCOCC(O)C(O)C(=O)Nc1cccc(C(O)CCc3ccc(OC)c(OC)c3)c1)C2(C)C. The second-order valence-electron chi connectivity index (χ2n) is 16.3. The molecule has 0 aromatic heterocycles. The summed E-state index contributed by atoms with van der Waals surface area (Å²) in [4.78, 5) is 27.3. The highest BCUT2D eigenvalue weighted by atomic mass is 16.7. The lowest BCUT2D eigenvalue weighted by Crippen LogP contribution is -2.62. The summed E-state index contributed by atoms with van der Waals surface area (Å²) in [5.74, 6) is -0.719. The Balaban J connectivity index is 1.35. The van der Waals surface area contributed by atoms with Crippen molar-refractivity contribution in [1.29, 1.82) is 0 Å². The number of aliphatic hydroxyl groups is 5. The van der Waals surface area contributed by atoms with Crippen LogP contribution in [-0.2, 0) is 30.2 Å². The van der Waals surface area contributed by atoms with Gasteiger partial charge in [-0.1, -0.05) is 44.5 Å². The number of Topliss-reactive ketones (excluding diaryl/α,β-unsaturated/α-hetero) is 1. The van der Waals surface area contributed by atoms with Gasteiger partial charge in [0, 0.05) is 24.8 Å². The first kappa shape index (κ1) is 45.3. The Bertz CT molecular complexity index is 1690. The molecule has 0 heterocycles. The molecular weight excluding hydrogens is 722 g/mol. The number of benzene rings is 2. The number of allylic oxidation sites excluding steroid dienone is 1. The Hall–Kier alpha value is -3.40. The first-order valence-electron chi connectivity index (χ1n) is 19.3. The van der Waals surface area contributed by atoms with Gasteiger partial charge in [0.15, 0.2) is 23.4 Å². The molecule has 6 N–H and O–H groups in total. The second kappa shape index (κ2) is 18.9. The van der Waals surface area contributed by atoms with Crippen LogP contribution in [0.1, 0.15) is 84.5 Å². The van der Waals surface area contributed by atoms with Crippen LogP contribution in [0.5, 0.6) is 11.5 Å². The van der Waals surface area contributed by atoms with Gasteiger partial charge in [0.05, 0.1) is 44.1 Å².